The topological polar surface area (TPSA) is 46.4 Å². The van der Waals surface area contributed by atoms with E-state index in [9.17, 15) is 10.1 Å². The van der Waals surface area contributed by atoms with Crippen molar-refractivity contribution in [3.05, 3.63) is 33.9 Å². The van der Waals surface area contributed by atoms with Crippen LogP contribution < -0.4 is 4.90 Å². The fraction of sp³-hybridized carbons (Fsp3) is 0.571. The lowest BCUT2D eigenvalue weighted by molar-refractivity contribution is -0.385. The molecule has 1 heterocycles. The number of anilines is 1. The van der Waals surface area contributed by atoms with E-state index in [1.165, 1.54) is 19.3 Å². The molecule has 2 atom stereocenters. The summed E-state index contributed by atoms with van der Waals surface area (Å²) in [5, 5.41) is 11.5. The highest BCUT2D eigenvalue weighted by Gasteiger charge is 2.36. The van der Waals surface area contributed by atoms with Gasteiger partial charge in [-0.15, -0.1) is 0 Å². The predicted molar refractivity (Wildman–Crippen MR) is 78.8 cm³/mol. The summed E-state index contributed by atoms with van der Waals surface area (Å²) in [6.07, 6.45) is 4.06. The van der Waals surface area contributed by atoms with Gasteiger partial charge in [0.05, 0.1) is 4.92 Å². The zero-order chi connectivity index (χ0) is 13.4. The SMILES string of the molecule is O=[N+]([O-])c1ccc(N2CC3CCCC3C2)cc1CBr. The van der Waals surface area contributed by atoms with E-state index in [0.29, 0.717) is 5.33 Å². The number of nitrogens with zero attached hydrogens (tertiary/aromatic N) is 2. The minimum absolute atomic E-state index is 0.208. The third-order valence-corrected chi connectivity index (χ3v) is 5.10. The molecule has 0 radical (unpaired) electrons. The number of benzene rings is 1. The van der Waals surface area contributed by atoms with Gasteiger partial charge in [-0.1, -0.05) is 22.4 Å². The minimum atomic E-state index is -0.306. The number of hydrogen-bond acceptors (Lipinski definition) is 3. The average molecular weight is 325 g/mol. The summed E-state index contributed by atoms with van der Waals surface area (Å²) in [5.41, 5.74) is 2.11. The van der Waals surface area contributed by atoms with E-state index in [4.69, 9.17) is 0 Å². The lowest BCUT2D eigenvalue weighted by atomic mass is 10.0. The van der Waals surface area contributed by atoms with Crippen LogP contribution in [0, 0.1) is 22.0 Å². The van der Waals surface area contributed by atoms with Crippen molar-refractivity contribution in [1.82, 2.24) is 0 Å². The fourth-order valence-electron chi connectivity index (χ4n) is 3.50. The van der Waals surface area contributed by atoms with Crippen LogP contribution in [-0.4, -0.2) is 18.0 Å². The second kappa shape index (κ2) is 5.12. The molecular weight excluding hydrogens is 308 g/mol. The van der Waals surface area contributed by atoms with Crippen LogP contribution in [0.2, 0.25) is 0 Å². The monoisotopic (exact) mass is 324 g/mol. The van der Waals surface area contributed by atoms with Crippen LogP contribution >= 0.6 is 15.9 Å². The minimum Gasteiger partial charge on any atom is -0.371 e. The van der Waals surface area contributed by atoms with E-state index in [1.54, 1.807) is 6.07 Å². The van der Waals surface area contributed by atoms with Crippen molar-refractivity contribution in [3.63, 3.8) is 0 Å². The first-order chi connectivity index (χ1) is 9.19. The molecule has 2 unspecified atom stereocenters. The average Bonchev–Trinajstić information content (AvgIpc) is 2.98. The van der Waals surface area contributed by atoms with Crippen LogP contribution in [0.25, 0.3) is 0 Å². The number of rotatable bonds is 3. The van der Waals surface area contributed by atoms with E-state index < -0.39 is 0 Å². The van der Waals surface area contributed by atoms with Gasteiger partial charge in [0, 0.05) is 35.7 Å². The Hall–Kier alpha value is -1.10. The molecule has 0 aromatic heterocycles. The molecular formula is C14H17BrN2O2. The number of fused-ring (bicyclic) bond motifs is 1. The molecule has 0 N–H and O–H groups in total. The smallest absolute Gasteiger partial charge is 0.273 e. The second-order valence-corrected chi connectivity index (χ2v) is 6.12. The van der Waals surface area contributed by atoms with Gasteiger partial charge in [-0.25, -0.2) is 0 Å². The molecule has 4 nitrogen and oxygen atoms in total. The normalized spacial score (nSPS) is 25.6. The molecule has 2 aliphatic rings. The molecule has 1 saturated heterocycles. The van der Waals surface area contributed by atoms with E-state index in [-0.39, 0.29) is 10.6 Å². The zero-order valence-corrected chi connectivity index (χ0v) is 12.3. The number of nitro benzene ring substituents is 1. The second-order valence-electron chi connectivity index (χ2n) is 5.56. The van der Waals surface area contributed by atoms with Gasteiger partial charge in [0.25, 0.3) is 5.69 Å². The maximum Gasteiger partial charge on any atom is 0.273 e. The van der Waals surface area contributed by atoms with Gasteiger partial charge in [0.2, 0.25) is 0 Å². The first kappa shape index (κ1) is 12.9. The molecule has 102 valence electrons. The third kappa shape index (κ3) is 2.36. The van der Waals surface area contributed by atoms with Crippen molar-refractivity contribution < 1.29 is 4.92 Å². The summed E-state index contributed by atoms with van der Waals surface area (Å²) in [5.74, 6) is 1.67. The van der Waals surface area contributed by atoms with Gasteiger partial charge in [-0.05, 0) is 36.8 Å². The Labute approximate surface area is 121 Å². The van der Waals surface area contributed by atoms with Crippen LogP contribution in [0.1, 0.15) is 24.8 Å². The van der Waals surface area contributed by atoms with Gasteiger partial charge in [-0.3, -0.25) is 10.1 Å². The van der Waals surface area contributed by atoms with Crippen molar-refractivity contribution in [2.75, 3.05) is 18.0 Å². The molecule has 1 saturated carbocycles. The highest BCUT2D eigenvalue weighted by molar-refractivity contribution is 9.08. The number of alkyl halides is 1. The molecule has 0 spiro atoms. The highest BCUT2D eigenvalue weighted by Crippen LogP contribution is 2.40. The summed E-state index contributed by atoms with van der Waals surface area (Å²) in [4.78, 5) is 13.0. The van der Waals surface area contributed by atoms with Crippen molar-refractivity contribution in [2.24, 2.45) is 11.8 Å². The van der Waals surface area contributed by atoms with Crippen LogP contribution in [0.5, 0.6) is 0 Å². The quantitative estimate of drug-likeness (QED) is 0.483. The first-order valence-corrected chi connectivity index (χ1v) is 7.89. The van der Waals surface area contributed by atoms with E-state index in [0.717, 1.165) is 36.2 Å². The van der Waals surface area contributed by atoms with Crippen LogP contribution in [0.3, 0.4) is 0 Å². The highest BCUT2D eigenvalue weighted by atomic mass is 79.9. The third-order valence-electron chi connectivity index (χ3n) is 4.50. The summed E-state index contributed by atoms with van der Waals surface area (Å²) in [7, 11) is 0. The molecule has 19 heavy (non-hydrogen) atoms. The summed E-state index contributed by atoms with van der Waals surface area (Å²) >= 11 is 3.34. The molecule has 0 bridgehead atoms. The molecule has 1 aromatic rings. The largest absolute Gasteiger partial charge is 0.371 e. The van der Waals surface area contributed by atoms with E-state index in [1.807, 2.05) is 12.1 Å². The predicted octanol–water partition coefficient (Wildman–Crippen LogP) is 3.73. The molecule has 0 amide bonds. The summed E-state index contributed by atoms with van der Waals surface area (Å²) in [6.45, 7) is 2.23. The van der Waals surface area contributed by atoms with Gasteiger partial charge in [0.1, 0.15) is 0 Å². The number of hydrogen-bond donors (Lipinski definition) is 0. The standard InChI is InChI=1S/C14H17BrN2O2/c15-7-12-6-13(4-5-14(12)17(18)19)16-8-10-2-1-3-11(10)9-16/h4-6,10-11H,1-3,7-9H2. The van der Waals surface area contributed by atoms with Crippen molar-refractivity contribution in [3.8, 4) is 0 Å². The van der Waals surface area contributed by atoms with Crippen LogP contribution in [-0.2, 0) is 5.33 Å². The van der Waals surface area contributed by atoms with Crippen LogP contribution in [0.4, 0.5) is 11.4 Å². The molecule has 2 fully saturated rings. The Morgan fingerprint density at radius 2 is 2.00 bits per heavy atom. The van der Waals surface area contributed by atoms with E-state index >= 15 is 0 Å². The molecule has 1 aliphatic carbocycles. The lowest BCUT2D eigenvalue weighted by Gasteiger charge is -2.20. The Bertz CT molecular complexity index is 494. The first-order valence-electron chi connectivity index (χ1n) is 6.77. The fourth-order valence-corrected chi connectivity index (χ4v) is 3.95. The Morgan fingerprint density at radius 3 is 2.58 bits per heavy atom. The lowest BCUT2D eigenvalue weighted by Crippen LogP contribution is -2.20. The van der Waals surface area contributed by atoms with Crippen molar-refractivity contribution >= 4 is 27.3 Å². The Balaban J connectivity index is 1.84. The van der Waals surface area contributed by atoms with Crippen molar-refractivity contribution in [1.29, 1.82) is 0 Å². The molecule has 3 rings (SSSR count). The number of nitro groups is 1. The van der Waals surface area contributed by atoms with Crippen LogP contribution in [0.15, 0.2) is 18.2 Å². The zero-order valence-electron chi connectivity index (χ0n) is 10.7. The molecule has 1 aromatic carbocycles. The number of halogens is 1. The van der Waals surface area contributed by atoms with E-state index in [2.05, 4.69) is 20.8 Å². The van der Waals surface area contributed by atoms with Gasteiger partial charge < -0.3 is 4.90 Å². The van der Waals surface area contributed by atoms with Gasteiger partial charge in [-0.2, -0.15) is 0 Å². The summed E-state index contributed by atoms with van der Waals surface area (Å²) in [6, 6.07) is 5.50. The molecule has 1 aliphatic heterocycles. The summed E-state index contributed by atoms with van der Waals surface area (Å²) < 4.78 is 0. The van der Waals surface area contributed by atoms with Gasteiger partial charge in [0.15, 0.2) is 0 Å². The van der Waals surface area contributed by atoms with Crippen molar-refractivity contribution in [2.45, 2.75) is 24.6 Å². The maximum atomic E-state index is 10.9. The maximum absolute atomic E-state index is 10.9. The van der Waals surface area contributed by atoms with Gasteiger partial charge >= 0.3 is 0 Å². The Morgan fingerprint density at radius 1 is 1.32 bits per heavy atom. The Kier molecular flexibility index (Phi) is 3.48. The molecule has 5 heteroatoms.